The van der Waals surface area contributed by atoms with Crippen LogP contribution in [0.1, 0.15) is 22.3 Å². The highest BCUT2D eigenvalue weighted by Crippen LogP contribution is 2.57. The van der Waals surface area contributed by atoms with E-state index in [0.29, 0.717) is 17.5 Å². The number of furan rings is 1. The van der Waals surface area contributed by atoms with E-state index < -0.39 is 5.41 Å². The molecule has 0 atom stereocenters. The number of hydrogen-bond acceptors (Lipinski definition) is 4. The van der Waals surface area contributed by atoms with Gasteiger partial charge >= 0.3 is 0 Å². The van der Waals surface area contributed by atoms with Gasteiger partial charge in [0.05, 0.1) is 5.41 Å². The van der Waals surface area contributed by atoms with Gasteiger partial charge in [0.25, 0.3) is 0 Å². The van der Waals surface area contributed by atoms with Crippen LogP contribution >= 0.6 is 0 Å². The summed E-state index contributed by atoms with van der Waals surface area (Å²) in [5.41, 5.74) is 11.3. The number of fused-ring (bicyclic) bond motifs is 8. The second-order valence-corrected chi connectivity index (χ2v) is 15.1. The van der Waals surface area contributed by atoms with Crippen LogP contribution in [-0.4, -0.2) is 15.0 Å². The fraction of sp³-hybridized carbons (Fsp3) is 0.0185. The van der Waals surface area contributed by atoms with Crippen LogP contribution in [0.15, 0.2) is 205 Å². The maximum Gasteiger partial charge on any atom is 0.164 e. The van der Waals surface area contributed by atoms with E-state index in [1.165, 1.54) is 33.4 Å². The number of nitrogens with zero attached hydrogens (tertiary/aromatic N) is 3. The van der Waals surface area contributed by atoms with Gasteiger partial charge in [-0.25, -0.2) is 15.0 Å². The molecule has 2 heterocycles. The van der Waals surface area contributed by atoms with Crippen molar-refractivity contribution in [1.29, 1.82) is 0 Å². The molecule has 0 fully saturated rings. The van der Waals surface area contributed by atoms with Gasteiger partial charge in [-0.1, -0.05) is 176 Å². The molecule has 4 heteroatoms. The van der Waals surface area contributed by atoms with Crippen LogP contribution in [0.2, 0.25) is 0 Å². The lowest BCUT2D eigenvalue weighted by Crippen LogP contribution is -2.28. The first-order chi connectivity index (χ1) is 28.7. The summed E-state index contributed by atoms with van der Waals surface area (Å²) < 4.78 is 6.88. The summed E-state index contributed by atoms with van der Waals surface area (Å²) in [4.78, 5) is 15.5. The Morgan fingerprint density at radius 3 is 1.50 bits per heavy atom. The second-order valence-electron chi connectivity index (χ2n) is 15.1. The maximum atomic E-state index is 6.88. The van der Waals surface area contributed by atoms with Crippen LogP contribution < -0.4 is 0 Å². The van der Waals surface area contributed by atoms with Crippen molar-refractivity contribution in [3.63, 3.8) is 0 Å². The molecule has 2 aromatic heterocycles. The van der Waals surface area contributed by atoms with Crippen LogP contribution in [0.3, 0.4) is 0 Å². The van der Waals surface area contributed by atoms with Gasteiger partial charge < -0.3 is 4.42 Å². The zero-order valence-electron chi connectivity index (χ0n) is 31.3. The molecule has 0 spiro atoms. The molecule has 0 bridgehead atoms. The van der Waals surface area contributed by atoms with Gasteiger partial charge in [0.2, 0.25) is 0 Å². The van der Waals surface area contributed by atoms with Gasteiger partial charge in [0.1, 0.15) is 11.2 Å². The van der Waals surface area contributed by atoms with Crippen LogP contribution in [0, 0.1) is 0 Å². The Balaban J connectivity index is 1.07. The monoisotopic (exact) mass is 739 g/mol. The summed E-state index contributed by atoms with van der Waals surface area (Å²) in [5.74, 6) is 1.84. The summed E-state index contributed by atoms with van der Waals surface area (Å²) in [6.45, 7) is 0. The average molecular weight is 740 g/mol. The minimum Gasteiger partial charge on any atom is -0.456 e. The molecule has 58 heavy (non-hydrogen) atoms. The van der Waals surface area contributed by atoms with Gasteiger partial charge in [-0.3, -0.25) is 0 Å². The van der Waals surface area contributed by atoms with Gasteiger partial charge in [0.15, 0.2) is 17.5 Å². The molecule has 0 amide bonds. The summed E-state index contributed by atoms with van der Waals surface area (Å²) in [6.07, 6.45) is 0. The van der Waals surface area contributed by atoms with Crippen molar-refractivity contribution >= 4 is 43.5 Å². The first-order valence-electron chi connectivity index (χ1n) is 19.7. The van der Waals surface area contributed by atoms with E-state index in [9.17, 15) is 0 Å². The highest BCUT2D eigenvalue weighted by molar-refractivity contribution is 6.09. The normalized spacial score (nSPS) is 13.0. The molecule has 270 valence electrons. The number of rotatable bonds is 5. The number of hydrogen-bond donors (Lipinski definition) is 0. The first kappa shape index (κ1) is 32.5. The van der Waals surface area contributed by atoms with E-state index in [1.54, 1.807) is 0 Å². The molecule has 0 saturated carbocycles. The second kappa shape index (κ2) is 12.7. The lowest BCUT2D eigenvalue weighted by molar-refractivity contribution is 0.666. The quantitative estimate of drug-likeness (QED) is 0.176. The van der Waals surface area contributed by atoms with Crippen molar-refractivity contribution in [2.75, 3.05) is 0 Å². The molecule has 4 nitrogen and oxygen atoms in total. The van der Waals surface area contributed by atoms with Crippen LogP contribution in [0.25, 0.3) is 88.8 Å². The minimum absolute atomic E-state index is 0.506. The fourth-order valence-corrected chi connectivity index (χ4v) is 9.44. The van der Waals surface area contributed by atoms with Gasteiger partial charge in [-0.15, -0.1) is 0 Å². The van der Waals surface area contributed by atoms with Gasteiger partial charge in [-0.05, 0) is 79.2 Å². The molecular formula is C54H33N3O. The first-order valence-corrected chi connectivity index (χ1v) is 19.7. The van der Waals surface area contributed by atoms with Crippen molar-refractivity contribution in [3.8, 4) is 45.3 Å². The zero-order chi connectivity index (χ0) is 38.2. The van der Waals surface area contributed by atoms with Crippen molar-refractivity contribution in [2.45, 2.75) is 5.41 Å². The van der Waals surface area contributed by atoms with E-state index in [4.69, 9.17) is 19.4 Å². The van der Waals surface area contributed by atoms with Crippen LogP contribution in [-0.2, 0) is 5.41 Å². The lowest BCUT2D eigenvalue weighted by atomic mass is 9.67. The van der Waals surface area contributed by atoms with Crippen molar-refractivity contribution < 1.29 is 4.42 Å². The largest absolute Gasteiger partial charge is 0.456 e. The standard InChI is InChI=1S/C54H33N3O/c1-3-19-37(20-4-1)54(38-21-5-2-6-22-38)47-28-12-11-25-41(47)45-32-46-42-30-29-36(31-49(42)58-50(46)33-48(45)54)51-55-52(43-26-13-17-34-15-7-9-23-39(34)43)57-53(56-51)44-27-14-18-35-16-8-10-24-40(35)44/h1-33H. The van der Waals surface area contributed by atoms with Crippen LogP contribution in [0.4, 0.5) is 0 Å². The predicted octanol–water partition coefficient (Wildman–Crippen LogP) is 13.4. The zero-order valence-corrected chi connectivity index (χ0v) is 31.3. The summed E-state index contributed by atoms with van der Waals surface area (Å²) in [7, 11) is 0. The molecule has 9 aromatic carbocycles. The number of benzene rings is 9. The Hall–Kier alpha value is -7.69. The van der Waals surface area contributed by atoms with Crippen molar-refractivity contribution in [2.24, 2.45) is 0 Å². The summed E-state index contributed by atoms with van der Waals surface area (Å²) in [6, 6.07) is 70.9. The van der Waals surface area contributed by atoms with Gasteiger partial charge in [0, 0.05) is 27.5 Å². The molecule has 0 saturated heterocycles. The van der Waals surface area contributed by atoms with E-state index >= 15 is 0 Å². The SMILES string of the molecule is c1ccc(C2(c3ccccc3)c3ccccc3-c3cc4c(cc32)oc2cc(-c3nc(-c5cccc6ccccc56)nc(-c5cccc6ccccc56)n3)ccc24)cc1. The van der Waals surface area contributed by atoms with Crippen molar-refractivity contribution in [3.05, 3.63) is 222 Å². The average Bonchev–Trinajstić information content (AvgIpc) is 3.80. The third kappa shape index (κ3) is 4.79. The Kier molecular flexibility index (Phi) is 7.11. The minimum atomic E-state index is -0.506. The number of aromatic nitrogens is 3. The highest BCUT2D eigenvalue weighted by Gasteiger charge is 2.46. The molecule has 0 unspecified atom stereocenters. The van der Waals surface area contributed by atoms with E-state index in [-0.39, 0.29) is 0 Å². The topological polar surface area (TPSA) is 51.8 Å². The van der Waals surface area contributed by atoms with Crippen molar-refractivity contribution in [1.82, 2.24) is 15.0 Å². The highest BCUT2D eigenvalue weighted by atomic mass is 16.3. The van der Waals surface area contributed by atoms with Gasteiger partial charge in [-0.2, -0.15) is 0 Å². The fourth-order valence-electron chi connectivity index (χ4n) is 9.44. The predicted molar refractivity (Wildman–Crippen MR) is 236 cm³/mol. The molecule has 1 aliphatic rings. The molecule has 1 aliphatic carbocycles. The Labute approximate surface area is 334 Å². The van der Waals surface area contributed by atoms with E-state index in [0.717, 1.165) is 60.2 Å². The maximum absolute atomic E-state index is 6.88. The third-order valence-electron chi connectivity index (χ3n) is 12.0. The Morgan fingerprint density at radius 1 is 0.328 bits per heavy atom. The van der Waals surface area contributed by atoms with Crippen LogP contribution in [0.5, 0.6) is 0 Å². The Morgan fingerprint density at radius 2 is 0.845 bits per heavy atom. The summed E-state index contributed by atoms with van der Waals surface area (Å²) >= 11 is 0. The third-order valence-corrected chi connectivity index (χ3v) is 12.0. The van der Waals surface area contributed by atoms with E-state index in [2.05, 4.69) is 200 Å². The smallest absolute Gasteiger partial charge is 0.164 e. The molecule has 0 N–H and O–H groups in total. The molecule has 11 aromatic rings. The molecule has 12 rings (SSSR count). The van der Waals surface area contributed by atoms with E-state index in [1.807, 2.05) is 0 Å². The molecule has 0 aliphatic heterocycles. The lowest BCUT2D eigenvalue weighted by Gasteiger charge is -2.33. The molecular weight excluding hydrogens is 707 g/mol. The molecule has 0 radical (unpaired) electrons. The Bertz CT molecular complexity index is 3260. The summed E-state index contributed by atoms with van der Waals surface area (Å²) in [5, 5.41) is 6.58.